The molecule has 1 unspecified atom stereocenters. The fourth-order valence-corrected chi connectivity index (χ4v) is 7.91. The fraction of sp³-hybridized carbons (Fsp3) is 0.613. The quantitative estimate of drug-likeness (QED) is 0.267. The molecule has 1 heterocycles. The van der Waals surface area contributed by atoms with Gasteiger partial charge in [-0.15, -0.1) is 0 Å². The molecule has 1 aliphatic heterocycles. The molecule has 228 valence electrons. The van der Waals surface area contributed by atoms with Crippen LogP contribution in [0.2, 0.25) is 0 Å². The molecule has 0 aromatic heterocycles. The summed E-state index contributed by atoms with van der Waals surface area (Å²) >= 11 is 0. The van der Waals surface area contributed by atoms with Crippen molar-refractivity contribution in [3.63, 3.8) is 0 Å². The van der Waals surface area contributed by atoms with Crippen LogP contribution in [0, 0.1) is 16.7 Å². The summed E-state index contributed by atoms with van der Waals surface area (Å²) < 4.78 is 23.5. The molecule has 9 atom stereocenters. The fourth-order valence-electron chi connectivity index (χ4n) is 7.91. The molecule has 1 aromatic carbocycles. The largest absolute Gasteiger partial charge is 0.455 e. The monoisotopic (exact) mass is 586 g/mol. The number of ether oxygens (including phenoxy) is 4. The second kappa shape index (κ2) is 9.97. The van der Waals surface area contributed by atoms with Crippen LogP contribution in [0.3, 0.4) is 0 Å². The highest BCUT2D eigenvalue weighted by molar-refractivity contribution is 5.95. The van der Waals surface area contributed by atoms with E-state index < -0.39 is 82.2 Å². The van der Waals surface area contributed by atoms with Crippen LogP contribution in [0.4, 0.5) is 0 Å². The number of hydrogen-bond donors (Lipinski definition) is 3. The average Bonchev–Trinajstić information content (AvgIpc) is 2.90. The van der Waals surface area contributed by atoms with Crippen molar-refractivity contribution in [3.05, 3.63) is 47.0 Å². The number of rotatable bonds is 4. The van der Waals surface area contributed by atoms with E-state index in [2.05, 4.69) is 0 Å². The van der Waals surface area contributed by atoms with Gasteiger partial charge in [0.05, 0.1) is 35.7 Å². The molecule has 5 rings (SSSR count). The molecule has 3 aliphatic carbocycles. The van der Waals surface area contributed by atoms with Gasteiger partial charge < -0.3 is 34.3 Å². The van der Waals surface area contributed by atoms with Crippen LogP contribution in [0.25, 0.3) is 0 Å². The van der Waals surface area contributed by atoms with E-state index in [9.17, 15) is 34.5 Å². The van der Waals surface area contributed by atoms with Crippen LogP contribution in [0.5, 0.6) is 0 Å². The van der Waals surface area contributed by atoms with Gasteiger partial charge in [0, 0.05) is 32.1 Å². The van der Waals surface area contributed by atoms with E-state index in [-0.39, 0.29) is 30.6 Å². The zero-order chi connectivity index (χ0) is 31.0. The highest BCUT2D eigenvalue weighted by atomic mass is 16.6. The van der Waals surface area contributed by atoms with Crippen molar-refractivity contribution in [2.45, 2.75) is 96.1 Å². The molecule has 0 amide bonds. The summed E-state index contributed by atoms with van der Waals surface area (Å²) in [7, 11) is 0. The minimum Gasteiger partial charge on any atom is -0.455 e. The van der Waals surface area contributed by atoms with Crippen molar-refractivity contribution >= 4 is 23.7 Å². The van der Waals surface area contributed by atoms with Crippen LogP contribution in [-0.2, 0) is 33.3 Å². The second-order valence-electron chi connectivity index (χ2n) is 12.8. The summed E-state index contributed by atoms with van der Waals surface area (Å²) in [5.74, 6) is -4.41. The Morgan fingerprint density at radius 1 is 1.00 bits per heavy atom. The standard InChI is InChI=1S/C31H38O11/c1-15-19(34)13-31(38)26(41-27(37)18-10-8-7-9-11-18)24-29(6,20(35)12-21-30(24,14-39-21)42-17(3)33)25(36)23(40-16(2)32)22(15)28(31,4)5/h7-11,19-21,23-24,26,34-35,38H,12-14H2,1-6H3/t19-,20?,21+,23-,24-,26-,29+,30-,31+/m0/s1. The van der Waals surface area contributed by atoms with Gasteiger partial charge in [0.2, 0.25) is 0 Å². The molecule has 3 fully saturated rings. The van der Waals surface area contributed by atoms with Gasteiger partial charge >= 0.3 is 17.9 Å². The van der Waals surface area contributed by atoms with Crippen molar-refractivity contribution < 1.29 is 53.4 Å². The molecule has 1 aromatic rings. The summed E-state index contributed by atoms with van der Waals surface area (Å²) in [5, 5.41) is 35.8. The minimum absolute atomic E-state index is 0.110. The first kappa shape index (κ1) is 30.3. The molecule has 3 N–H and O–H groups in total. The number of hydrogen-bond acceptors (Lipinski definition) is 11. The number of Topliss-reactive ketones (excluding diaryl/α,β-unsaturated/α-hetero) is 1. The first-order valence-corrected chi connectivity index (χ1v) is 14.1. The van der Waals surface area contributed by atoms with Crippen LogP contribution >= 0.6 is 0 Å². The van der Waals surface area contributed by atoms with E-state index >= 15 is 0 Å². The average molecular weight is 587 g/mol. The van der Waals surface area contributed by atoms with E-state index in [1.807, 2.05) is 0 Å². The molecule has 2 bridgehead atoms. The number of esters is 3. The Hall–Kier alpha value is -3.12. The lowest BCUT2D eigenvalue weighted by Crippen LogP contribution is -2.81. The Balaban J connectivity index is 1.84. The maximum absolute atomic E-state index is 14.8. The van der Waals surface area contributed by atoms with Gasteiger partial charge in [-0.05, 0) is 37.1 Å². The number of fused-ring (bicyclic) bond motifs is 5. The first-order valence-electron chi connectivity index (χ1n) is 14.1. The number of ketones is 1. The third-order valence-corrected chi connectivity index (χ3v) is 10.2. The molecule has 1 saturated heterocycles. The zero-order valence-electron chi connectivity index (χ0n) is 24.6. The van der Waals surface area contributed by atoms with Crippen LogP contribution in [0.1, 0.15) is 64.7 Å². The van der Waals surface area contributed by atoms with Crippen molar-refractivity contribution in [2.24, 2.45) is 16.7 Å². The van der Waals surface area contributed by atoms with Crippen molar-refractivity contribution in [3.8, 4) is 0 Å². The summed E-state index contributed by atoms with van der Waals surface area (Å²) in [6.45, 7) is 8.42. The molecular formula is C31H38O11. The van der Waals surface area contributed by atoms with Crippen LogP contribution in [0.15, 0.2) is 41.5 Å². The molecular weight excluding hydrogens is 548 g/mol. The van der Waals surface area contributed by atoms with Gasteiger partial charge in [-0.1, -0.05) is 32.0 Å². The lowest BCUT2D eigenvalue weighted by Gasteiger charge is -2.67. The number of aliphatic hydroxyl groups excluding tert-OH is 2. The minimum atomic E-state index is -2.11. The van der Waals surface area contributed by atoms with E-state index in [0.29, 0.717) is 5.57 Å². The Labute approximate surface area is 243 Å². The number of carbonyl (C=O) groups excluding carboxylic acids is 4. The molecule has 11 nitrogen and oxygen atoms in total. The third-order valence-electron chi connectivity index (χ3n) is 10.2. The lowest BCUT2D eigenvalue weighted by molar-refractivity contribution is -0.345. The maximum Gasteiger partial charge on any atom is 0.338 e. The molecule has 0 spiro atoms. The van der Waals surface area contributed by atoms with Gasteiger partial charge in [0.15, 0.2) is 17.5 Å². The topological polar surface area (TPSA) is 166 Å². The zero-order valence-corrected chi connectivity index (χ0v) is 24.6. The van der Waals surface area contributed by atoms with Gasteiger partial charge in [-0.3, -0.25) is 14.4 Å². The maximum atomic E-state index is 14.8. The van der Waals surface area contributed by atoms with Gasteiger partial charge in [0.1, 0.15) is 17.8 Å². The van der Waals surface area contributed by atoms with E-state index in [0.717, 1.165) is 6.92 Å². The summed E-state index contributed by atoms with van der Waals surface area (Å²) in [4.78, 5) is 53.4. The summed E-state index contributed by atoms with van der Waals surface area (Å²) in [6.07, 6.45) is -7.27. The summed E-state index contributed by atoms with van der Waals surface area (Å²) in [5.41, 5.74) is -6.38. The highest BCUT2D eigenvalue weighted by Gasteiger charge is 2.78. The molecule has 0 radical (unpaired) electrons. The Bertz CT molecular complexity index is 1350. The number of aliphatic hydroxyl groups is 3. The smallest absolute Gasteiger partial charge is 0.338 e. The Kier molecular flexibility index (Phi) is 7.20. The van der Waals surface area contributed by atoms with E-state index in [1.54, 1.807) is 39.0 Å². The molecule has 11 heteroatoms. The lowest BCUT2D eigenvalue weighted by atomic mass is 9.44. The molecule has 4 aliphatic rings. The molecule has 42 heavy (non-hydrogen) atoms. The first-order chi connectivity index (χ1) is 19.5. The van der Waals surface area contributed by atoms with Crippen molar-refractivity contribution in [1.82, 2.24) is 0 Å². The third kappa shape index (κ3) is 4.08. The number of carbonyl (C=O) groups is 4. The predicted molar refractivity (Wildman–Crippen MR) is 145 cm³/mol. The van der Waals surface area contributed by atoms with Crippen LogP contribution < -0.4 is 0 Å². The van der Waals surface area contributed by atoms with Crippen LogP contribution in [-0.4, -0.2) is 87.3 Å². The predicted octanol–water partition coefficient (Wildman–Crippen LogP) is 1.65. The summed E-state index contributed by atoms with van der Waals surface area (Å²) in [6, 6.07) is 8.05. The second-order valence-corrected chi connectivity index (χ2v) is 12.8. The molecule has 2 saturated carbocycles. The number of benzene rings is 1. The van der Waals surface area contributed by atoms with Gasteiger partial charge in [-0.25, -0.2) is 4.79 Å². The van der Waals surface area contributed by atoms with E-state index in [4.69, 9.17) is 18.9 Å². The van der Waals surface area contributed by atoms with Gasteiger partial charge in [-0.2, -0.15) is 0 Å². The van der Waals surface area contributed by atoms with E-state index in [1.165, 1.54) is 26.0 Å². The highest BCUT2D eigenvalue weighted by Crippen LogP contribution is 2.64. The van der Waals surface area contributed by atoms with Gasteiger partial charge in [0.25, 0.3) is 0 Å². The Morgan fingerprint density at radius 3 is 2.19 bits per heavy atom. The SMILES string of the molecule is CC(=O)O[C@@H]1C(=O)[C@]2(C)C(O)C[C@H]3OC[C@@]3(OC(C)=O)[C@H]2[C@H](OC(=O)c2ccccc2)[C@]2(O)C[C@H](O)C(C)=C1C2(C)C. The normalized spacial score (nSPS) is 40.4. The van der Waals surface area contributed by atoms with Crippen molar-refractivity contribution in [2.75, 3.05) is 6.61 Å². The Morgan fingerprint density at radius 2 is 1.64 bits per heavy atom. The van der Waals surface area contributed by atoms with Crippen molar-refractivity contribution in [1.29, 1.82) is 0 Å².